The van der Waals surface area contributed by atoms with Crippen molar-refractivity contribution in [2.75, 3.05) is 0 Å². The van der Waals surface area contributed by atoms with E-state index in [-0.39, 0.29) is 109 Å². The van der Waals surface area contributed by atoms with Crippen LogP contribution in [0, 0.1) is 5.92 Å². The van der Waals surface area contributed by atoms with Crippen molar-refractivity contribution >= 4 is 7.82 Å². The van der Waals surface area contributed by atoms with E-state index in [0.717, 1.165) is 19.3 Å². The molecule has 0 fully saturated rings. The number of unbranched alkanes of at least 4 members (excludes halogenated alkanes) is 14. The largest absolute Gasteiger partial charge is 1.00 e. The Labute approximate surface area is 266 Å². The third kappa shape index (κ3) is 27.5. The van der Waals surface area contributed by atoms with E-state index in [1.807, 2.05) is 13.8 Å². The maximum absolute atomic E-state index is 10.9. The van der Waals surface area contributed by atoms with Crippen LogP contribution in [0.5, 0.6) is 0 Å². The maximum Gasteiger partial charge on any atom is 1.00 e. The Morgan fingerprint density at radius 3 is 1.34 bits per heavy atom. The average molecular weight is 483 g/mol. The van der Waals surface area contributed by atoms with Crippen LogP contribution in [0.15, 0.2) is 0 Å². The molecule has 0 aromatic heterocycles. The summed E-state index contributed by atoms with van der Waals surface area (Å²) in [5, 5.41) is 0. The Bertz CT molecular complexity index is 367. The van der Waals surface area contributed by atoms with E-state index in [2.05, 4.69) is 6.92 Å². The predicted octanol–water partition coefficient (Wildman–Crippen LogP) is 0.516. The third-order valence-corrected chi connectivity index (χ3v) is 6.16. The van der Waals surface area contributed by atoms with Gasteiger partial charge in [0.05, 0.1) is 13.9 Å². The van der Waals surface area contributed by atoms with Gasteiger partial charge in [0.15, 0.2) is 0 Å². The van der Waals surface area contributed by atoms with E-state index in [9.17, 15) is 14.4 Å². The van der Waals surface area contributed by atoms with Gasteiger partial charge in [-0.25, -0.2) is 0 Å². The van der Waals surface area contributed by atoms with Gasteiger partial charge in [0.25, 0.3) is 0 Å². The third-order valence-electron chi connectivity index (χ3n) is 5.64. The van der Waals surface area contributed by atoms with Crippen molar-refractivity contribution in [2.45, 2.75) is 136 Å². The predicted molar refractivity (Wildman–Crippen MR) is 111 cm³/mol. The molecule has 0 aliphatic heterocycles. The molecule has 4 nitrogen and oxygen atoms in total. The first-order valence-corrected chi connectivity index (χ1v) is 13.1. The molecular weight excluding hydrogens is 437 g/mol. The van der Waals surface area contributed by atoms with Gasteiger partial charge >= 0.3 is 103 Å². The molecule has 0 aromatic carbocycles. The smallest absolute Gasteiger partial charge is 0.790 e. The summed E-state index contributed by atoms with van der Waals surface area (Å²) in [5.74, 6) is 0.105. The molecule has 0 aromatic rings. The van der Waals surface area contributed by atoms with Crippen LogP contribution in [0.3, 0.4) is 0 Å². The summed E-state index contributed by atoms with van der Waals surface area (Å²) in [6.45, 7) is 6.21. The quantitative estimate of drug-likeness (QED) is 0.144. The van der Waals surface area contributed by atoms with Crippen molar-refractivity contribution in [3.05, 3.63) is 0 Å². The molecule has 0 saturated carbocycles. The molecule has 164 valence electrons. The summed E-state index contributed by atoms with van der Waals surface area (Å²) in [7, 11) is -4.88. The molecule has 0 spiro atoms. The second-order valence-corrected chi connectivity index (χ2v) is 9.32. The number of phosphoric acid groups is 1. The van der Waals surface area contributed by atoms with Gasteiger partial charge in [-0.2, -0.15) is 0 Å². The summed E-state index contributed by atoms with van der Waals surface area (Å²) in [4.78, 5) is 21.7. The van der Waals surface area contributed by atoms with E-state index in [1.165, 1.54) is 83.5 Å². The zero-order valence-electron chi connectivity index (χ0n) is 20.3. The van der Waals surface area contributed by atoms with E-state index in [0.29, 0.717) is 6.42 Å². The van der Waals surface area contributed by atoms with Crippen molar-refractivity contribution in [1.29, 1.82) is 0 Å². The molecule has 29 heavy (non-hydrogen) atoms. The molecule has 2 unspecified atom stereocenters. The van der Waals surface area contributed by atoms with Gasteiger partial charge in [-0.3, -0.25) is 0 Å². The van der Waals surface area contributed by atoms with Crippen molar-refractivity contribution in [3.63, 3.8) is 0 Å². The van der Waals surface area contributed by atoms with Gasteiger partial charge in [-0.1, -0.05) is 124 Å². The average Bonchev–Trinajstić information content (AvgIpc) is 2.62. The van der Waals surface area contributed by atoms with E-state index >= 15 is 0 Å². The number of hydrogen-bond acceptors (Lipinski definition) is 4. The van der Waals surface area contributed by atoms with Crippen LogP contribution in [-0.2, 0) is 9.09 Å². The minimum atomic E-state index is -4.88. The van der Waals surface area contributed by atoms with Gasteiger partial charge < -0.3 is 18.9 Å². The molecule has 0 bridgehead atoms. The van der Waals surface area contributed by atoms with Gasteiger partial charge in [-0.15, -0.1) is 0 Å². The molecule has 0 aliphatic carbocycles. The van der Waals surface area contributed by atoms with Crippen LogP contribution in [0.2, 0.25) is 0 Å². The second-order valence-electron chi connectivity index (χ2n) is 8.22. The Kier molecular flexibility index (Phi) is 33.1. The van der Waals surface area contributed by atoms with Crippen molar-refractivity contribution in [3.8, 4) is 0 Å². The van der Waals surface area contributed by atoms with E-state index in [1.54, 1.807) is 0 Å². The first-order valence-electron chi connectivity index (χ1n) is 11.6. The van der Waals surface area contributed by atoms with Crippen LogP contribution in [0.25, 0.3) is 0 Å². The van der Waals surface area contributed by atoms with Gasteiger partial charge in [0.2, 0.25) is 0 Å². The molecule has 0 amide bonds. The van der Waals surface area contributed by atoms with Crippen LogP contribution in [-0.4, -0.2) is 6.10 Å². The van der Waals surface area contributed by atoms with Crippen molar-refractivity contribution in [2.24, 2.45) is 5.92 Å². The van der Waals surface area contributed by atoms with Crippen LogP contribution < -0.4 is 113 Å². The Morgan fingerprint density at radius 1 is 0.690 bits per heavy atom. The summed E-state index contributed by atoms with van der Waals surface area (Å²) >= 11 is 0. The van der Waals surface area contributed by atoms with Crippen LogP contribution in [0.1, 0.15) is 130 Å². The Balaban J connectivity index is -0.00000338. The summed E-state index contributed by atoms with van der Waals surface area (Å²) in [6.07, 6.45) is 20.7. The first kappa shape index (κ1) is 36.9. The Morgan fingerprint density at radius 2 is 1.03 bits per heavy atom. The summed E-state index contributed by atoms with van der Waals surface area (Å²) < 4.78 is 15.6. The molecule has 0 heterocycles. The molecule has 0 N–H and O–H groups in total. The molecule has 0 saturated heterocycles. The minimum Gasteiger partial charge on any atom is -0.790 e. The SMILES string of the molecule is CCCCCCCCCCCCCCCCCC(OP(=O)([O-])[O-])C(C)CC.[K+].[K+]. The maximum atomic E-state index is 10.9. The molecule has 0 radical (unpaired) electrons. The summed E-state index contributed by atoms with van der Waals surface area (Å²) in [5.41, 5.74) is 0. The van der Waals surface area contributed by atoms with Crippen LogP contribution in [0.4, 0.5) is 0 Å². The zero-order valence-corrected chi connectivity index (χ0v) is 27.4. The number of rotatable bonds is 20. The second kappa shape index (κ2) is 26.0. The summed E-state index contributed by atoms with van der Waals surface area (Å²) in [6, 6.07) is 0. The van der Waals surface area contributed by atoms with E-state index in [4.69, 9.17) is 4.52 Å². The topological polar surface area (TPSA) is 72.4 Å². The standard InChI is InChI=1S/C22H47O4P.2K/c1-4-6-7-8-9-10-11-12-13-14-15-16-17-18-19-20-22(21(3)5-2)26-27(23,24)25;;/h21-22H,4-20H2,1-3H3,(H2,23,24,25);;/q;2*+1/p-2. The molecule has 0 rings (SSSR count). The number of phosphoric ester groups is 1. The first-order chi connectivity index (χ1) is 12.9. The van der Waals surface area contributed by atoms with E-state index < -0.39 is 13.9 Å². The zero-order chi connectivity index (χ0) is 20.4. The fraction of sp³-hybridized carbons (Fsp3) is 1.00. The fourth-order valence-electron chi connectivity index (χ4n) is 3.59. The molecular formula is C22H45K2O4P. The van der Waals surface area contributed by atoms with Gasteiger partial charge in [0.1, 0.15) is 0 Å². The molecule has 2 atom stereocenters. The van der Waals surface area contributed by atoms with Crippen LogP contribution >= 0.6 is 7.82 Å². The molecule has 7 heteroatoms. The van der Waals surface area contributed by atoms with Gasteiger partial charge in [-0.05, 0) is 12.3 Å². The molecule has 0 aliphatic rings. The fourth-order valence-corrected chi connectivity index (χ4v) is 4.23. The van der Waals surface area contributed by atoms with Crippen molar-refractivity contribution < 1.29 is 122 Å². The van der Waals surface area contributed by atoms with Crippen molar-refractivity contribution in [1.82, 2.24) is 0 Å². The minimum absolute atomic E-state index is 0. The normalized spacial score (nSPS) is 13.4. The Hall–Kier alpha value is 3.38. The number of hydrogen-bond donors (Lipinski definition) is 0. The van der Waals surface area contributed by atoms with Gasteiger partial charge in [0, 0.05) is 0 Å². The monoisotopic (exact) mass is 482 g/mol.